The number of carbonyl (C=O) groups is 1. The lowest BCUT2D eigenvalue weighted by Gasteiger charge is -2.20. The Hall–Kier alpha value is -1.51. The average Bonchev–Trinajstić information content (AvgIpc) is 2.29. The number of ether oxygens (including phenoxy) is 1. The molecule has 0 aliphatic carbocycles. The first kappa shape index (κ1) is 13.6. The second-order valence-electron chi connectivity index (χ2n) is 4.66. The molecule has 0 aliphatic heterocycles. The molecule has 0 aromatic heterocycles. The van der Waals surface area contributed by atoms with E-state index in [0.717, 1.165) is 17.7 Å². The Bertz CT molecular complexity index is 374. The van der Waals surface area contributed by atoms with Crippen LogP contribution in [0.4, 0.5) is 5.69 Å². The number of aryl methyl sites for hydroxylation is 1. The van der Waals surface area contributed by atoms with Gasteiger partial charge in [-0.05, 0) is 30.9 Å². The van der Waals surface area contributed by atoms with Crippen LogP contribution in [0.25, 0.3) is 0 Å². The van der Waals surface area contributed by atoms with Crippen LogP contribution in [0.3, 0.4) is 0 Å². The summed E-state index contributed by atoms with van der Waals surface area (Å²) in [4.78, 5) is 11.7. The van der Waals surface area contributed by atoms with Crippen LogP contribution < -0.4 is 5.32 Å². The molecule has 1 N–H and O–H groups in total. The molecule has 3 heteroatoms. The van der Waals surface area contributed by atoms with Gasteiger partial charge in [0, 0.05) is 5.69 Å². The Balaban J connectivity index is 2.79. The predicted molar refractivity (Wildman–Crippen MR) is 70.1 cm³/mol. The number of nitrogens with one attached hydrogen (secondary N) is 1. The quantitative estimate of drug-likeness (QED) is 0.797. The second kappa shape index (κ2) is 6.28. The van der Waals surface area contributed by atoms with Gasteiger partial charge in [-0.3, -0.25) is 0 Å². The standard InChI is InChI=1S/C14H21NO2/c1-10(2)9-13(14(16)17-4)15-12-8-6-5-7-11(12)3/h5-8,10,13,15H,9H2,1-4H3. The molecule has 3 nitrogen and oxygen atoms in total. The highest BCUT2D eigenvalue weighted by atomic mass is 16.5. The molecule has 1 atom stereocenters. The molecule has 0 bridgehead atoms. The van der Waals surface area contributed by atoms with E-state index in [9.17, 15) is 4.79 Å². The third kappa shape index (κ3) is 4.10. The highest BCUT2D eigenvalue weighted by Crippen LogP contribution is 2.17. The number of hydrogen-bond donors (Lipinski definition) is 1. The lowest BCUT2D eigenvalue weighted by Crippen LogP contribution is -2.32. The van der Waals surface area contributed by atoms with Crippen LogP contribution in [0.5, 0.6) is 0 Å². The van der Waals surface area contributed by atoms with Gasteiger partial charge in [0.2, 0.25) is 0 Å². The van der Waals surface area contributed by atoms with Crippen molar-refractivity contribution in [3.8, 4) is 0 Å². The number of methoxy groups -OCH3 is 1. The van der Waals surface area contributed by atoms with Crippen LogP contribution in [0.1, 0.15) is 25.8 Å². The zero-order chi connectivity index (χ0) is 12.8. The van der Waals surface area contributed by atoms with Gasteiger partial charge in [0.1, 0.15) is 6.04 Å². The minimum atomic E-state index is -0.277. The fraction of sp³-hybridized carbons (Fsp3) is 0.500. The van der Waals surface area contributed by atoms with Crippen LogP contribution in [0.15, 0.2) is 24.3 Å². The highest BCUT2D eigenvalue weighted by Gasteiger charge is 2.20. The summed E-state index contributed by atoms with van der Waals surface area (Å²) < 4.78 is 4.82. The normalized spacial score (nSPS) is 12.3. The summed E-state index contributed by atoms with van der Waals surface area (Å²) in [6.07, 6.45) is 0.765. The van der Waals surface area contributed by atoms with Crippen molar-refractivity contribution in [2.24, 2.45) is 5.92 Å². The van der Waals surface area contributed by atoms with Crippen molar-refractivity contribution in [2.75, 3.05) is 12.4 Å². The summed E-state index contributed by atoms with van der Waals surface area (Å²) >= 11 is 0. The summed E-state index contributed by atoms with van der Waals surface area (Å²) in [5.74, 6) is 0.234. The topological polar surface area (TPSA) is 38.3 Å². The van der Waals surface area contributed by atoms with Crippen LogP contribution >= 0.6 is 0 Å². The Kier molecular flexibility index (Phi) is 5.01. The Morgan fingerprint density at radius 2 is 2.00 bits per heavy atom. The first-order valence-electron chi connectivity index (χ1n) is 5.94. The van der Waals surface area contributed by atoms with Crippen molar-refractivity contribution in [1.29, 1.82) is 0 Å². The molecule has 1 aromatic carbocycles. The third-order valence-electron chi connectivity index (χ3n) is 2.67. The zero-order valence-electron chi connectivity index (χ0n) is 11.0. The molecule has 0 saturated heterocycles. The maximum Gasteiger partial charge on any atom is 0.328 e. The third-order valence-corrected chi connectivity index (χ3v) is 2.67. The first-order valence-corrected chi connectivity index (χ1v) is 5.94. The Labute approximate surface area is 103 Å². The average molecular weight is 235 g/mol. The first-order chi connectivity index (χ1) is 8.04. The number of rotatable bonds is 5. The van der Waals surface area contributed by atoms with Crippen molar-refractivity contribution in [1.82, 2.24) is 0 Å². The summed E-state index contributed by atoms with van der Waals surface area (Å²) in [6, 6.07) is 7.66. The molecule has 17 heavy (non-hydrogen) atoms. The van der Waals surface area contributed by atoms with E-state index in [4.69, 9.17) is 4.74 Å². The van der Waals surface area contributed by atoms with Gasteiger partial charge in [-0.25, -0.2) is 4.79 Å². The SMILES string of the molecule is COC(=O)C(CC(C)C)Nc1ccccc1C. The summed E-state index contributed by atoms with van der Waals surface area (Å²) in [5, 5.41) is 3.25. The van der Waals surface area contributed by atoms with E-state index >= 15 is 0 Å². The van der Waals surface area contributed by atoms with E-state index in [2.05, 4.69) is 19.2 Å². The number of esters is 1. The molecule has 0 aliphatic rings. The van der Waals surface area contributed by atoms with E-state index in [0.29, 0.717) is 5.92 Å². The van der Waals surface area contributed by atoms with E-state index in [-0.39, 0.29) is 12.0 Å². The van der Waals surface area contributed by atoms with Crippen LogP contribution in [0, 0.1) is 12.8 Å². The van der Waals surface area contributed by atoms with E-state index in [1.165, 1.54) is 7.11 Å². The Morgan fingerprint density at radius 3 is 2.53 bits per heavy atom. The number of anilines is 1. The van der Waals surface area contributed by atoms with Gasteiger partial charge in [-0.15, -0.1) is 0 Å². The lowest BCUT2D eigenvalue weighted by atomic mass is 10.0. The molecule has 0 heterocycles. The maximum absolute atomic E-state index is 11.7. The monoisotopic (exact) mass is 235 g/mol. The minimum Gasteiger partial charge on any atom is -0.467 e. The van der Waals surface area contributed by atoms with E-state index in [1.54, 1.807) is 0 Å². The minimum absolute atomic E-state index is 0.207. The van der Waals surface area contributed by atoms with Gasteiger partial charge < -0.3 is 10.1 Å². The van der Waals surface area contributed by atoms with Crippen LogP contribution in [-0.4, -0.2) is 19.1 Å². The van der Waals surface area contributed by atoms with E-state index in [1.807, 2.05) is 31.2 Å². The molecule has 1 unspecified atom stereocenters. The summed E-state index contributed by atoms with van der Waals surface area (Å²) in [5.41, 5.74) is 2.12. The maximum atomic E-state index is 11.7. The van der Waals surface area contributed by atoms with Gasteiger partial charge in [0.05, 0.1) is 7.11 Å². The molecule has 1 rings (SSSR count). The highest BCUT2D eigenvalue weighted by molar-refractivity contribution is 5.79. The predicted octanol–water partition coefficient (Wildman–Crippen LogP) is 2.99. The molecular weight excluding hydrogens is 214 g/mol. The largest absolute Gasteiger partial charge is 0.467 e. The molecule has 0 fully saturated rings. The summed E-state index contributed by atoms with van der Waals surface area (Å²) in [7, 11) is 1.43. The molecule has 0 spiro atoms. The van der Waals surface area contributed by atoms with Gasteiger partial charge >= 0.3 is 5.97 Å². The van der Waals surface area contributed by atoms with E-state index < -0.39 is 0 Å². The Morgan fingerprint density at radius 1 is 1.35 bits per heavy atom. The molecule has 0 radical (unpaired) electrons. The van der Waals surface area contributed by atoms with Crippen LogP contribution in [0.2, 0.25) is 0 Å². The molecular formula is C14H21NO2. The number of benzene rings is 1. The van der Waals surface area contributed by atoms with Crippen molar-refractivity contribution < 1.29 is 9.53 Å². The van der Waals surface area contributed by atoms with Crippen molar-refractivity contribution in [2.45, 2.75) is 33.2 Å². The molecule has 0 saturated carbocycles. The number of hydrogen-bond acceptors (Lipinski definition) is 3. The molecule has 1 aromatic rings. The van der Waals surface area contributed by atoms with Crippen LogP contribution in [-0.2, 0) is 9.53 Å². The van der Waals surface area contributed by atoms with Crippen molar-refractivity contribution >= 4 is 11.7 Å². The second-order valence-corrected chi connectivity index (χ2v) is 4.66. The molecule has 94 valence electrons. The molecule has 0 amide bonds. The number of carbonyl (C=O) groups excluding carboxylic acids is 1. The van der Waals surface area contributed by atoms with Gasteiger partial charge in [0.25, 0.3) is 0 Å². The van der Waals surface area contributed by atoms with Crippen molar-refractivity contribution in [3.05, 3.63) is 29.8 Å². The van der Waals surface area contributed by atoms with Gasteiger partial charge in [0.15, 0.2) is 0 Å². The van der Waals surface area contributed by atoms with Gasteiger partial charge in [-0.2, -0.15) is 0 Å². The number of para-hydroxylation sites is 1. The van der Waals surface area contributed by atoms with Crippen molar-refractivity contribution in [3.63, 3.8) is 0 Å². The summed E-state index contributed by atoms with van der Waals surface area (Å²) in [6.45, 7) is 6.21. The lowest BCUT2D eigenvalue weighted by molar-refractivity contribution is -0.141. The zero-order valence-corrected chi connectivity index (χ0v) is 11.0. The van der Waals surface area contributed by atoms with Gasteiger partial charge in [-0.1, -0.05) is 32.0 Å². The fourth-order valence-corrected chi connectivity index (χ4v) is 1.75. The smallest absolute Gasteiger partial charge is 0.328 e. The fourth-order valence-electron chi connectivity index (χ4n) is 1.75.